The fraction of sp³-hybridized carbons (Fsp3) is 0.481. The molecule has 36 heavy (non-hydrogen) atoms. The van der Waals surface area contributed by atoms with Gasteiger partial charge in [0.1, 0.15) is 18.4 Å². The van der Waals surface area contributed by atoms with Crippen molar-refractivity contribution in [3.05, 3.63) is 65.5 Å². The van der Waals surface area contributed by atoms with Crippen molar-refractivity contribution in [2.24, 2.45) is 0 Å². The minimum atomic E-state index is -3.90. The molecule has 0 bridgehead atoms. The van der Waals surface area contributed by atoms with E-state index in [0.717, 1.165) is 59.9 Å². The molecule has 0 heterocycles. The topological polar surface area (TPSA) is 86.8 Å². The Hall–Kier alpha value is -2.94. The number of hydrogen-bond donors (Lipinski definition) is 1. The Morgan fingerprint density at radius 2 is 1.78 bits per heavy atom. The minimum Gasteiger partial charge on any atom is -0.352 e. The molecule has 196 valence electrons. The molecule has 1 atom stereocenters. The molecule has 0 unspecified atom stereocenters. The Kier molecular flexibility index (Phi) is 9.48. The molecule has 0 radical (unpaired) electrons. The van der Waals surface area contributed by atoms with Crippen molar-refractivity contribution in [1.29, 1.82) is 0 Å². The number of nitrogens with one attached hydrogen (secondary N) is 1. The normalized spacial score (nSPS) is 15.2. The maximum Gasteiger partial charge on any atom is 0.244 e. The van der Waals surface area contributed by atoms with Gasteiger partial charge in [0.2, 0.25) is 21.8 Å². The molecule has 1 aliphatic carbocycles. The van der Waals surface area contributed by atoms with Crippen molar-refractivity contribution < 1.29 is 22.4 Å². The van der Waals surface area contributed by atoms with Crippen molar-refractivity contribution in [2.45, 2.75) is 71.0 Å². The fourth-order valence-corrected chi connectivity index (χ4v) is 5.52. The molecule has 9 heteroatoms. The number of carbonyl (C=O) groups excluding carboxylic acids is 2. The Morgan fingerprint density at radius 1 is 1.08 bits per heavy atom. The molecule has 0 aliphatic heterocycles. The first kappa shape index (κ1) is 27.6. The Labute approximate surface area is 213 Å². The number of hydrogen-bond acceptors (Lipinski definition) is 4. The van der Waals surface area contributed by atoms with Crippen molar-refractivity contribution in [2.75, 3.05) is 17.1 Å². The maximum absolute atomic E-state index is 13.9. The lowest BCUT2D eigenvalue weighted by atomic mass is 9.95. The minimum absolute atomic E-state index is 0.0568. The number of nitrogens with zero attached hydrogens (tertiary/aromatic N) is 2. The SMILES string of the molecule is CC[C@H](C(=O)NC1CCCCC1)N(Cc1ccccc1C)C(=O)CN(c1cccc(F)c1)S(C)(=O)=O. The van der Waals surface area contributed by atoms with Gasteiger partial charge in [0.25, 0.3) is 0 Å². The Bertz CT molecular complexity index is 1170. The standard InChI is InChI=1S/C27H36FN3O4S/c1-4-25(27(33)29-23-14-6-5-7-15-23)30(18-21-12-9-8-11-20(21)2)26(32)19-31(36(3,34)35)24-16-10-13-22(28)17-24/h8-13,16-17,23,25H,4-7,14-15,18-19H2,1-3H3,(H,29,33)/t25-/m1/s1. The molecule has 1 fully saturated rings. The summed E-state index contributed by atoms with van der Waals surface area (Å²) in [6, 6.07) is 12.0. The summed E-state index contributed by atoms with van der Waals surface area (Å²) in [7, 11) is -3.90. The molecule has 1 aliphatic rings. The highest BCUT2D eigenvalue weighted by atomic mass is 32.2. The number of amides is 2. The zero-order valence-electron chi connectivity index (χ0n) is 21.2. The number of benzene rings is 2. The lowest BCUT2D eigenvalue weighted by molar-refractivity contribution is -0.140. The second-order valence-corrected chi connectivity index (χ2v) is 11.4. The van der Waals surface area contributed by atoms with Crippen molar-refractivity contribution in [1.82, 2.24) is 10.2 Å². The summed E-state index contributed by atoms with van der Waals surface area (Å²) < 4.78 is 40.0. The average molecular weight is 518 g/mol. The molecule has 0 spiro atoms. The summed E-state index contributed by atoms with van der Waals surface area (Å²) in [6.07, 6.45) is 6.45. The van der Waals surface area contributed by atoms with Gasteiger partial charge in [0, 0.05) is 12.6 Å². The van der Waals surface area contributed by atoms with E-state index in [9.17, 15) is 22.4 Å². The van der Waals surface area contributed by atoms with Crippen LogP contribution in [0.1, 0.15) is 56.6 Å². The number of rotatable bonds is 10. The molecule has 2 amide bonds. The van der Waals surface area contributed by atoms with E-state index in [0.29, 0.717) is 6.42 Å². The van der Waals surface area contributed by atoms with Gasteiger partial charge < -0.3 is 10.2 Å². The summed E-state index contributed by atoms with van der Waals surface area (Å²) >= 11 is 0. The third kappa shape index (κ3) is 7.29. The van der Waals surface area contributed by atoms with Crippen LogP contribution < -0.4 is 9.62 Å². The summed E-state index contributed by atoms with van der Waals surface area (Å²) in [4.78, 5) is 28.5. The van der Waals surface area contributed by atoms with Crippen LogP contribution in [0.4, 0.5) is 10.1 Å². The van der Waals surface area contributed by atoms with E-state index in [1.165, 1.54) is 23.1 Å². The van der Waals surface area contributed by atoms with E-state index in [4.69, 9.17) is 0 Å². The molecule has 2 aromatic rings. The molecule has 0 saturated heterocycles. The van der Waals surface area contributed by atoms with Crippen LogP contribution in [0.2, 0.25) is 0 Å². The van der Waals surface area contributed by atoms with Crippen LogP contribution in [-0.4, -0.2) is 50.0 Å². The number of halogens is 1. The van der Waals surface area contributed by atoms with Crippen LogP contribution in [0.25, 0.3) is 0 Å². The third-order valence-corrected chi connectivity index (χ3v) is 7.86. The number of aryl methyl sites for hydroxylation is 1. The van der Waals surface area contributed by atoms with Gasteiger partial charge in [-0.3, -0.25) is 13.9 Å². The van der Waals surface area contributed by atoms with E-state index in [1.807, 2.05) is 38.1 Å². The van der Waals surface area contributed by atoms with Crippen LogP contribution in [-0.2, 0) is 26.2 Å². The largest absolute Gasteiger partial charge is 0.352 e. The van der Waals surface area contributed by atoms with Gasteiger partial charge in [0.15, 0.2) is 0 Å². The summed E-state index contributed by atoms with van der Waals surface area (Å²) in [5, 5.41) is 3.11. The van der Waals surface area contributed by atoms with Gasteiger partial charge in [-0.25, -0.2) is 12.8 Å². The maximum atomic E-state index is 13.9. The van der Waals surface area contributed by atoms with E-state index >= 15 is 0 Å². The molecule has 1 N–H and O–H groups in total. The quantitative estimate of drug-likeness (QED) is 0.513. The first-order chi connectivity index (χ1) is 17.1. The third-order valence-electron chi connectivity index (χ3n) is 6.71. The highest BCUT2D eigenvalue weighted by Crippen LogP contribution is 2.22. The molecule has 1 saturated carbocycles. The highest BCUT2D eigenvalue weighted by molar-refractivity contribution is 7.92. The van der Waals surface area contributed by atoms with E-state index in [-0.39, 0.29) is 24.2 Å². The summed E-state index contributed by atoms with van der Waals surface area (Å²) in [5.41, 5.74) is 1.88. The van der Waals surface area contributed by atoms with Crippen molar-refractivity contribution >= 4 is 27.5 Å². The van der Waals surface area contributed by atoms with E-state index < -0.39 is 34.3 Å². The number of sulfonamides is 1. The Morgan fingerprint density at radius 3 is 2.39 bits per heavy atom. The lowest BCUT2D eigenvalue weighted by Gasteiger charge is -2.34. The van der Waals surface area contributed by atoms with Gasteiger partial charge in [-0.05, 0) is 55.5 Å². The molecule has 0 aromatic heterocycles. The average Bonchev–Trinajstić information content (AvgIpc) is 2.83. The van der Waals surface area contributed by atoms with Gasteiger partial charge in [-0.15, -0.1) is 0 Å². The second-order valence-electron chi connectivity index (χ2n) is 9.47. The molecular formula is C27H36FN3O4S. The van der Waals surface area contributed by atoms with Crippen LogP contribution >= 0.6 is 0 Å². The summed E-state index contributed by atoms with van der Waals surface area (Å²) in [6.45, 7) is 3.38. The molecular weight excluding hydrogens is 481 g/mol. The van der Waals surface area contributed by atoms with E-state index in [2.05, 4.69) is 5.32 Å². The van der Waals surface area contributed by atoms with E-state index in [1.54, 1.807) is 0 Å². The Balaban J connectivity index is 1.92. The van der Waals surface area contributed by atoms with Crippen LogP contribution in [0, 0.1) is 12.7 Å². The predicted molar refractivity (Wildman–Crippen MR) is 139 cm³/mol. The first-order valence-corrected chi connectivity index (χ1v) is 14.3. The second kappa shape index (κ2) is 12.3. The van der Waals surface area contributed by atoms with Gasteiger partial charge in [-0.1, -0.05) is 56.5 Å². The monoisotopic (exact) mass is 517 g/mol. The smallest absolute Gasteiger partial charge is 0.244 e. The van der Waals surface area contributed by atoms with Crippen molar-refractivity contribution in [3.63, 3.8) is 0 Å². The van der Waals surface area contributed by atoms with Crippen molar-refractivity contribution in [3.8, 4) is 0 Å². The van der Waals surface area contributed by atoms with Crippen LogP contribution in [0.3, 0.4) is 0 Å². The fourth-order valence-electron chi connectivity index (χ4n) is 4.68. The number of carbonyl (C=O) groups is 2. The number of anilines is 1. The highest BCUT2D eigenvalue weighted by Gasteiger charge is 2.33. The molecule has 2 aromatic carbocycles. The van der Waals surface area contributed by atoms with Gasteiger partial charge in [0.05, 0.1) is 11.9 Å². The molecule has 3 rings (SSSR count). The first-order valence-electron chi connectivity index (χ1n) is 12.5. The lowest BCUT2D eigenvalue weighted by Crippen LogP contribution is -2.54. The predicted octanol–water partition coefficient (Wildman–Crippen LogP) is 4.16. The zero-order valence-corrected chi connectivity index (χ0v) is 22.1. The zero-order chi connectivity index (χ0) is 26.3. The summed E-state index contributed by atoms with van der Waals surface area (Å²) in [5.74, 6) is -1.37. The van der Waals surface area contributed by atoms with Gasteiger partial charge >= 0.3 is 0 Å². The van der Waals surface area contributed by atoms with Gasteiger partial charge in [-0.2, -0.15) is 0 Å². The van der Waals surface area contributed by atoms with Crippen LogP contribution in [0.5, 0.6) is 0 Å². The molecule has 7 nitrogen and oxygen atoms in total. The van der Waals surface area contributed by atoms with Crippen LogP contribution in [0.15, 0.2) is 48.5 Å².